The van der Waals surface area contributed by atoms with Crippen LogP contribution in [-0.4, -0.2) is 58.9 Å². The summed E-state index contributed by atoms with van der Waals surface area (Å²) in [6.45, 7) is 1.76. The molecule has 3 N–H and O–H groups in total. The summed E-state index contributed by atoms with van der Waals surface area (Å²) in [6, 6.07) is 0. The number of rotatable bonds is 18. The lowest BCUT2D eigenvalue weighted by Gasteiger charge is -2.23. The van der Waals surface area contributed by atoms with Crippen molar-refractivity contribution in [2.75, 3.05) is 13.2 Å². The lowest BCUT2D eigenvalue weighted by molar-refractivity contribution is -0.156. The molecule has 0 bridgehead atoms. The predicted octanol–water partition coefficient (Wildman–Crippen LogP) is 4.05. The third-order valence-corrected chi connectivity index (χ3v) is 5.73. The maximum atomic E-state index is 11.9. The number of esters is 1. The summed E-state index contributed by atoms with van der Waals surface area (Å²) >= 11 is 0. The number of aliphatic hydroxyl groups excluding tert-OH is 3. The molecule has 1 fully saturated rings. The van der Waals surface area contributed by atoms with Crippen molar-refractivity contribution < 1.29 is 29.6 Å². The van der Waals surface area contributed by atoms with Gasteiger partial charge in [-0.05, 0) is 12.8 Å². The summed E-state index contributed by atoms with van der Waals surface area (Å²) in [4.78, 5) is 11.9. The second-order valence-electron chi connectivity index (χ2n) is 8.45. The van der Waals surface area contributed by atoms with Gasteiger partial charge >= 0.3 is 5.97 Å². The molecule has 1 aliphatic rings. The van der Waals surface area contributed by atoms with E-state index in [1.165, 1.54) is 76.7 Å². The SMILES string of the molecule is CCCCCCCCCCCCCCCC=CC(=O)O[C@H](CO)[C@H]1OC[C@H](O)[C@H]1O. The van der Waals surface area contributed by atoms with Gasteiger partial charge in [0.1, 0.15) is 18.3 Å². The number of unbranched alkanes of at least 4 members (excludes halogenated alkanes) is 13. The van der Waals surface area contributed by atoms with Gasteiger partial charge in [-0.15, -0.1) is 0 Å². The van der Waals surface area contributed by atoms with E-state index in [4.69, 9.17) is 9.47 Å². The molecule has 1 rings (SSSR count). The first-order chi connectivity index (χ1) is 14.6. The van der Waals surface area contributed by atoms with E-state index in [0.29, 0.717) is 0 Å². The molecule has 0 aromatic rings. The third-order valence-electron chi connectivity index (χ3n) is 5.73. The first-order valence-electron chi connectivity index (χ1n) is 12.1. The van der Waals surface area contributed by atoms with Gasteiger partial charge in [0.15, 0.2) is 6.10 Å². The maximum Gasteiger partial charge on any atom is 0.330 e. The molecule has 0 aromatic heterocycles. The number of ether oxygens (including phenoxy) is 2. The fourth-order valence-electron chi connectivity index (χ4n) is 3.81. The van der Waals surface area contributed by atoms with E-state index < -0.39 is 37.0 Å². The molecule has 0 amide bonds. The van der Waals surface area contributed by atoms with Crippen LogP contribution >= 0.6 is 0 Å². The van der Waals surface area contributed by atoms with Crippen molar-refractivity contribution >= 4 is 5.97 Å². The number of carbonyl (C=O) groups is 1. The number of aliphatic hydroxyl groups is 3. The summed E-state index contributed by atoms with van der Waals surface area (Å²) in [5.74, 6) is -0.569. The van der Waals surface area contributed by atoms with E-state index >= 15 is 0 Å². The second kappa shape index (κ2) is 17.7. The topological polar surface area (TPSA) is 96.2 Å². The highest BCUT2D eigenvalue weighted by Crippen LogP contribution is 2.20. The zero-order valence-electron chi connectivity index (χ0n) is 18.8. The molecule has 0 aliphatic carbocycles. The van der Waals surface area contributed by atoms with Crippen molar-refractivity contribution in [3.8, 4) is 0 Å². The number of hydrogen-bond donors (Lipinski definition) is 3. The molecule has 1 heterocycles. The molecule has 30 heavy (non-hydrogen) atoms. The Balaban J connectivity index is 1.96. The van der Waals surface area contributed by atoms with Crippen LogP contribution in [0.5, 0.6) is 0 Å². The van der Waals surface area contributed by atoms with Gasteiger partial charge in [-0.2, -0.15) is 0 Å². The van der Waals surface area contributed by atoms with Crippen LogP contribution in [0.4, 0.5) is 0 Å². The quantitative estimate of drug-likeness (QED) is 0.173. The highest BCUT2D eigenvalue weighted by atomic mass is 16.6. The highest BCUT2D eigenvalue weighted by molar-refractivity contribution is 5.82. The first-order valence-corrected chi connectivity index (χ1v) is 12.1. The van der Waals surface area contributed by atoms with Crippen molar-refractivity contribution in [1.82, 2.24) is 0 Å². The van der Waals surface area contributed by atoms with Gasteiger partial charge in [-0.3, -0.25) is 0 Å². The minimum atomic E-state index is -1.16. The minimum absolute atomic E-state index is 0.0330. The Kier molecular flexibility index (Phi) is 16.0. The molecule has 0 radical (unpaired) electrons. The third kappa shape index (κ3) is 12.0. The molecule has 0 unspecified atom stereocenters. The first kappa shape index (κ1) is 27.1. The fourth-order valence-corrected chi connectivity index (χ4v) is 3.81. The molecule has 6 heteroatoms. The van der Waals surface area contributed by atoms with E-state index in [2.05, 4.69) is 6.92 Å². The summed E-state index contributed by atoms with van der Waals surface area (Å²) in [5.41, 5.74) is 0. The summed E-state index contributed by atoms with van der Waals surface area (Å²) in [6.07, 6.45) is 16.9. The summed E-state index contributed by atoms with van der Waals surface area (Å²) < 4.78 is 10.4. The predicted molar refractivity (Wildman–Crippen MR) is 118 cm³/mol. The smallest absolute Gasteiger partial charge is 0.330 e. The van der Waals surface area contributed by atoms with E-state index in [-0.39, 0.29) is 6.61 Å². The van der Waals surface area contributed by atoms with E-state index in [9.17, 15) is 20.1 Å². The van der Waals surface area contributed by atoms with E-state index in [0.717, 1.165) is 19.3 Å². The van der Waals surface area contributed by atoms with Crippen LogP contribution in [0.15, 0.2) is 12.2 Å². The van der Waals surface area contributed by atoms with E-state index in [1.807, 2.05) is 0 Å². The van der Waals surface area contributed by atoms with Crippen molar-refractivity contribution in [2.24, 2.45) is 0 Å². The van der Waals surface area contributed by atoms with Gasteiger partial charge in [-0.25, -0.2) is 4.79 Å². The van der Waals surface area contributed by atoms with Gasteiger partial charge in [-0.1, -0.05) is 90.0 Å². The van der Waals surface area contributed by atoms with Crippen LogP contribution in [0.1, 0.15) is 96.8 Å². The molecular formula is C24H44O6. The molecule has 0 spiro atoms. The zero-order chi connectivity index (χ0) is 22.0. The number of allylic oxidation sites excluding steroid dienone is 1. The van der Waals surface area contributed by atoms with Gasteiger partial charge in [0.2, 0.25) is 0 Å². The summed E-state index contributed by atoms with van der Waals surface area (Å²) in [7, 11) is 0. The molecule has 1 aliphatic heterocycles. The van der Waals surface area contributed by atoms with Gasteiger partial charge in [0.05, 0.1) is 13.2 Å². The Hall–Kier alpha value is -0.950. The monoisotopic (exact) mass is 428 g/mol. The highest BCUT2D eigenvalue weighted by Gasteiger charge is 2.41. The van der Waals surface area contributed by atoms with Gasteiger partial charge < -0.3 is 24.8 Å². The van der Waals surface area contributed by atoms with Crippen molar-refractivity contribution in [3.63, 3.8) is 0 Å². The Morgan fingerprint density at radius 1 is 0.967 bits per heavy atom. The molecule has 176 valence electrons. The molecule has 0 aromatic carbocycles. The molecule has 0 saturated carbocycles. The van der Waals surface area contributed by atoms with Crippen LogP contribution < -0.4 is 0 Å². The Morgan fingerprint density at radius 2 is 1.50 bits per heavy atom. The fraction of sp³-hybridized carbons (Fsp3) is 0.875. The van der Waals surface area contributed by atoms with Gasteiger partial charge in [0.25, 0.3) is 0 Å². The maximum absolute atomic E-state index is 11.9. The molecule has 4 atom stereocenters. The Labute approximate surface area is 182 Å². The zero-order valence-corrected chi connectivity index (χ0v) is 18.8. The summed E-state index contributed by atoms with van der Waals surface area (Å²) in [5, 5.41) is 28.7. The van der Waals surface area contributed by atoms with Crippen LogP contribution in [-0.2, 0) is 14.3 Å². The second-order valence-corrected chi connectivity index (χ2v) is 8.45. The molecule has 6 nitrogen and oxygen atoms in total. The van der Waals surface area contributed by atoms with Crippen molar-refractivity contribution in [1.29, 1.82) is 0 Å². The van der Waals surface area contributed by atoms with Crippen LogP contribution in [0.3, 0.4) is 0 Å². The van der Waals surface area contributed by atoms with E-state index in [1.54, 1.807) is 6.08 Å². The van der Waals surface area contributed by atoms with Crippen LogP contribution in [0.2, 0.25) is 0 Å². The standard InChI is InChI=1S/C24H44O6/c1-2-3-4-5-6-7-8-9-10-11-12-13-14-15-16-17-22(27)30-21(18-25)24-23(28)20(26)19-29-24/h16-17,20-21,23-26,28H,2-15,18-19H2,1H3/t20-,21+,23+,24+/m0/s1. The molecular weight excluding hydrogens is 384 g/mol. The number of carbonyl (C=O) groups excluding carboxylic acids is 1. The lowest BCUT2D eigenvalue weighted by atomic mass is 10.0. The normalized spacial score (nSPS) is 22.6. The van der Waals surface area contributed by atoms with Crippen molar-refractivity contribution in [3.05, 3.63) is 12.2 Å². The van der Waals surface area contributed by atoms with Crippen molar-refractivity contribution in [2.45, 2.75) is 121 Å². The lowest BCUT2D eigenvalue weighted by Crippen LogP contribution is -2.42. The largest absolute Gasteiger partial charge is 0.454 e. The van der Waals surface area contributed by atoms with Crippen LogP contribution in [0, 0.1) is 0 Å². The molecule has 1 saturated heterocycles. The average molecular weight is 429 g/mol. The Bertz CT molecular complexity index is 453. The Morgan fingerprint density at radius 3 is 1.97 bits per heavy atom. The number of hydrogen-bond acceptors (Lipinski definition) is 6. The van der Waals surface area contributed by atoms with Gasteiger partial charge in [0, 0.05) is 6.08 Å². The van der Waals surface area contributed by atoms with Crippen LogP contribution in [0.25, 0.3) is 0 Å². The minimum Gasteiger partial charge on any atom is -0.454 e. The average Bonchev–Trinajstić information content (AvgIpc) is 3.07.